The van der Waals surface area contributed by atoms with Gasteiger partial charge >= 0.3 is 0 Å². The van der Waals surface area contributed by atoms with Crippen molar-refractivity contribution in [3.8, 4) is 17.5 Å². The minimum absolute atomic E-state index is 0.595. The molecule has 0 unspecified atom stereocenters. The number of nitriles is 1. The standard InChI is InChI=1S/C20H13N5/c21-13-14-4-3-5-16(12-14)23-20-17-6-1-2-7-18(17)24-19(25-20)15-8-10-22-11-9-15/h1-12H,(H,23,24,25). The number of hydrogen-bond acceptors (Lipinski definition) is 5. The lowest BCUT2D eigenvalue weighted by atomic mass is 10.2. The number of rotatable bonds is 3. The van der Waals surface area contributed by atoms with E-state index in [0.29, 0.717) is 17.2 Å². The third-order valence-corrected chi connectivity index (χ3v) is 3.80. The molecule has 0 aliphatic carbocycles. The van der Waals surface area contributed by atoms with Gasteiger partial charge in [0.15, 0.2) is 5.82 Å². The van der Waals surface area contributed by atoms with Gasteiger partial charge in [0.25, 0.3) is 0 Å². The molecule has 0 aliphatic heterocycles. The second-order valence-corrected chi connectivity index (χ2v) is 5.47. The summed E-state index contributed by atoms with van der Waals surface area (Å²) in [7, 11) is 0. The Labute approximate surface area is 144 Å². The quantitative estimate of drug-likeness (QED) is 0.608. The van der Waals surface area contributed by atoms with Crippen molar-refractivity contribution in [1.82, 2.24) is 15.0 Å². The van der Waals surface area contributed by atoms with E-state index in [1.54, 1.807) is 24.5 Å². The molecule has 0 aliphatic rings. The predicted molar refractivity (Wildman–Crippen MR) is 97.2 cm³/mol. The Morgan fingerprint density at radius 3 is 2.56 bits per heavy atom. The average Bonchev–Trinajstić information content (AvgIpc) is 2.69. The third kappa shape index (κ3) is 3.01. The molecule has 0 radical (unpaired) electrons. The largest absolute Gasteiger partial charge is 0.340 e. The maximum atomic E-state index is 9.08. The van der Waals surface area contributed by atoms with Crippen molar-refractivity contribution >= 4 is 22.4 Å². The van der Waals surface area contributed by atoms with Crippen LogP contribution in [0.15, 0.2) is 73.1 Å². The molecular weight excluding hydrogens is 310 g/mol. The van der Waals surface area contributed by atoms with Crippen molar-refractivity contribution in [2.24, 2.45) is 0 Å². The predicted octanol–water partition coefficient (Wildman–Crippen LogP) is 4.31. The summed E-state index contributed by atoms with van der Waals surface area (Å²) in [6.07, 6.45) is 3.44. The number of pyridine rings is 1. The zero-order chi connectivity index (χ0) is 17.1. The van der Waals surface area contributed by atoms with E-state index in [1.807, 2.05) is 48.5 Å². The number of nitrogens with one attached hydrogen (secondary N) is 1. The number of nitrogens with zero attached hydrogens (tertiary/aromatic N) is 4. The fourth-order valence-electron chi connectivity index (χ4n) is 2.61. The van der Waals surface area contributed by atoms with Crippen molar-refractivity contribution in [3.05, 3.63) is 78.6 Å². The van der Waals surface area contributed by atoms with Crippen LogP contribution in [0.3, 0.4) is 0 Å². The van der Waals surface area contributed by atoms with Crippen molar-refractivity contribution in [1.29, 1.82) is 5.26 Å². The summed E-state index contributed by atoms with van der Waals surface area (Å²) in [6.45, 7) is 0. The molecule has 0 spiro atoms. The van der Waals surface area contributed by atoms with Crippen LogP contribution < -0.4 is 5.32 Å². The third-order valence-electron chi connectivity index (χ3n) is 3.80. The van der Waals surface area contributed by atoms with Gasteiger partial charge in [-0.25, -0.2) is 9.97 Å². The first-order valence-electron chi connectivity index (χ1n) is 7.78. The lowest BCUT2D eigenvalue weighted by molar-refractivity contribution is 1.21. The first kappa shape index (κ1) is 14.8. The summed E-state index contributed by atoms with van der Waals surface area (Å²) in [5.41, 5.74) is 3.15. The molecule has 0 fully saturated rings. The summed E-state index contributed by atoms with van der Waals surface area (Å²) in [5, 5.41) is 13.3. The molecule has 2 heterocycles. The van der Waals surface area contributed by atoms with E-state index in [4.69, 9.17) is 5.26 Å². The second-order valence-electron chi connectivity index (χ2n) is 5.47. The van der Waals surface area contributed by atoms with Gasteiger partial charge < -0.3 is 5.32 Å². The van der Waals surface area contributed by atoms with E-state index < -0.39 is 0 Å². The van der Waals surface area contributed by atoms with E-state index in [1.165, 1.54) is 0 Å². The highest BCUT2D eigenvalue weighted by Crippen LogP contribution is 2.27. The van der Waals surface area contributed by atoms with Gasteiger partial charge in [0.05, 0.1) is 17.1 Å². The van der Waals surface area contributed by atoms with Crippen LogP contribution in [-0.4, -0.2) is 15.0 Å². The number of anilines is 2. The summed E-state index contributed by atoms with van der Waals surface area (Å²) in [6, 6.07) is 21.1. The first-order valence-corrected chi connectivity index (χ1v) is 7.78. The smallest absolute Gasteiger partial charge is 0.162 e. The second kappa shape index (κ2) is 6.38. The van der Waals surface area contributed by atoms with E-state index in [2.05, 4.69) is 26.3 Å². The molecule has 118 valence electrons. The van der Waals surface area contributed by atoms with Gasteiger partial charge in [-0.05, 0) is 42.5 Å². The van der Waals surface area contributed by atoms with Crippen LogP contribution in [0.4, 0.5) is 11.5 Å². The zero-order valence-corrected chi connectivity index (χ0v) is 13.2. The summed E-state index contributed by atoms with van der Waals surface area (Å²) in [5.74, 6) is 1.33. The van der Waals surface area contributed by atoms with Crippen LogP contribution in [0.1, 0.15) is 5.56 Å². The van der Waals surface area contributed by atoms with Gasteiger partial charge in [0.1, 0.15) is 5.82 Å². The Morgan fingerprint density at radius 1 is 0.880 bits per heavy atom. The van der Waals surface area contributed by atoms with E-state index in [9.17, 15) is 0 Å². The average molecular weight is 323 g/mol. The number of fused-ring (bicyclic) bond motifs is 1. The number of aromatic nitrogens is 3. The number of para-hydroxylation sites is 1. The number of benzene rings is 2. The van der Waals surface area contributed by atoms with Crippen LogP contribution in [0.2, 0.25) is 0 Å². The summed E-state index contributed by atoms with van der Waals surface area (Å²) < 4.78 is 0. The maximum Gasteiger partial charge on any atom is 0.162 e. The minimum Gasteiger partial charge on any atom is -0.340 e. The Kier molecular flexibility index (Phi) is 3.77. The monoisotopic (exact) mass is 323 g/mol. The normalized spacial score (nSPS) is 10.4. The molecule has 2 aromatic carbocycles. The van der Waals surface area contributed by atoms with Crippen LogP contribution in [0.25, 0.3) is 22.3 Å². The Morgan fingerprint density at radius 2 is 1.72 bits per heavy atom. The van der Waals surface area contributed by atoms with Gasteiger partial charge in [0.2, 0.25) is 0 Å². The molecule has 0 saturated carbocycles. The molecule has 5 heteroatoms. The van der Waals surface area contributed by atoms with Crippen LogP contribution in [-0.2, 0) is 0 Å². The molecule has 0 saturated heterocycles. The van der Waals surface area contributed by atoms with E-state index >= 15 is 0 Å². The Bertz CT molecular complexity index is 1080. The van der Waals surface area contributed by atoms with Gasteiger partial charge in [-0.1, -0.05) is 18.2 Å². The van der Waals surface area contributed by atoms with Crippen LogP contribution in [0, 0.1) is 11.3 Å². The molecule has 0 bridgehead atoms. The molecule has 0 amide bonds. The molecule has 1 N–H and O–H groups in total. The first-order chi connectivity index (χ1) is 12.3. The van der Waals surface area contributed by atoms with E-state index in [-0.39, 0.29) is 0 Å². The maximum absolute atomic E-state index is 9.08. The number of hydrogen-bond donors (Lipinski definition) is 1. The molecule has 0 atom stereocenters. The lowest BCUT2D eigenvalue weighted by Crippen LogP contribution is -1.99. The topological polar surface area (TPSA) is 74.5 Å². The molecule has 25 heavy (non-hydrogen) atoms. The van der Waals surface area contributed by atoms with Crippen molar-refractivity contribution in [2.75, 3.05) is 5.32 Å². The van der Waals surface area contributed by atoms with Crippen molar-refractivity contribution < 1.29 is 0 Å². The van der Waals surface area contributed by atoms with Gasteiger partial charge in [0, 0.05) is 29.0 Å². The summed E-state index contributed by atoms with van der Waals surface area (Å²) >= 11 is 0. The van der Waals surface area contributed by atoms with Gasteiger partial charge in [-0.3, -0.25) is 4.98 Å². The molecule has 2 aromatic heterocycles. The molecule has 4 aromatic rings. The minimum atomic E-state index is 0.595. The SMILES string of the molecule is N#Cc1cccc(Nc2nc(-c3ccncc3)nc3ccccc23)c1. The molecular formula is C20H13N5. The fraction of sp³-hybridized carbons (Fsp3) is 0. The van der Waals surface area contributed by atoms with E-state index in [0.717, 1.165) is 22.2 Å². The lowest BCUT2D eigenvalue weighted by Gasteiger charge is -2.11. The van der Waals surface area contributed by atoms with Crippen LogP contribution in [0.5, 0.6) is 0 Å². The van der Waals surface area contributed by atoms with Crippen molar-refractivity contribution in [2.45, 2.75) is 0 Å². The van der Waals surface area contributed by atoms with Crippen molar-refractivity contribution in [3.63, 3.8) is 0 Å². The van der Waals surface area contributed by atoms with Gasteiger partial charge in [-0.15, -0.1) is 0 Å². The highest BCUT2D eigenvalue weighted by atomic mass is 15.0. The van der Waals surface area contributed by atoms with Gasteiger partial charge in [-0.2, -0.15) is 5.26 Å². The highest BCUT2D eigenvalue weighted by Gasteiger charge is 2.09. The fourth-order valence-corrected chi connectivity index (χ4v) is 2.61. The molecule has 5 nitrogen and oxygen atoms in total. The molecule has 4 rings (SSSR count). The van der Waals surface area contributed by atoms with Crippen LogP contribution >= 0.6 is 0 Å². The highest BCUT2D eigenvalue weighted by molar-refractivity contribution is 5.92. The Balaban J connectivity index is 1.85. The summed E-state index contributed by atoms with van der Waals surface area (Å²) in [4.78, 5) is 13.4. The Hall–Kier alpha value is -3.78. The zero-order valence-electron chi connectivity index (χ0n) is 13.2.